The standard InChI is InChI=1S/C10H16N4O/c1-10(2,9(11)15)14-7-4-5-13-8(6-7)12-3/h4-6H,1-3H3,(H2,11,15)(H2,12,13,14). The molecule has 15 heavy (non-hydrogen) atoms. The van der Waals surface area contributed by atoms with Gasteiger partial charge in [-0.3, -0.25) is 4.79 Å². The van der Waals surface area contributed by atoms with Crippen molar-refractivity contribution in [2.75, 3.05) is 17.7 Å². The molecule has 0 aromatic carbocycles. The SMILES string of the molecule is CNc1cc(NC(C)(C)C(N)=O)ccn1. The lowest BCUT2D eigenvalue weighted by atomic mass is 10.0. The van der Waals surface area contributed by atoms with E-state index in [1.807, 2.05) is 6.07 Å². The quantitative estimate of drug-likeness (QED) is 0.683. The fourth-order valence-electron chi connectivity index (χ4n) is 1.07. The van der Waals surface area contributed by atoms with Crippen LogP contribution in [-0.4, -0.2) is 23.5 Å². The molecule has 0 aliphatic heterocycles. The Balaban J connectivity index is 2.85. The van der Waals surface area contributed by atoms with Gasteiger partial charge in [-0.05, 0) is 19.9 Å². The summed E-state index contributed by atoms with van der Waals surface area (Å²) in [5.41, 5.74) is 5.29. The van der Waals surface area contributed by atoms with Crippen molar-refractivity contribution in [1.82, 2.24) is 4.98 Å². The van der Waals surface area contributed by atoms with Crippen molar-refractivity contribution in [1.29, 1.82) is 0 Å². The molecule has 0 saturated carbocycles. The normalized spacial score (nSPS) is 10.9. The van der Waals surface area contributed by atoms with Gasteiger partial charge in [0.15, 0.2) is 0 Å². The molecule has 4 N–H and O–H groups in total. The largest absolute Gasteiger partial charge is 0.373 e. The molecule has 0 unspecified atom stereocenters. The number of amides is 1. The second kappa shape index (κ2) is 4.16. The molecule has 0 spiro atoms. The maximum absolute atomic E-state index is 11.1. The van der Waals surface area contributed by atoms with Crippen LogP contribution in [0.4, 0.5) is 11.5 Å². The monoisotopic (exact) mass is 208 g/mol. The van der Waals surface area contributed by atoms with Crippen LogP contribution in [0.1, 0.15) is 13.8 Å². The van der Waals surface area contributed by atoms with E-state index in [0.29, 0.717) is 0 Å². The summed E-state index contributed by atoms with van der Waals surface area (Å²) < 4.78 is 0. The van der Waals surface area contributed by atoms with Gasteiger partial charge in [-0.1, -0.05) is 0 Å². The highest BCUT2D eigenvalue weighted by atomic mass is 16.1. The van der Waals surface area contributed by atoms with Crippen molar-refractivity contribution < 1.29 is 4.79 Å². The highest BCUT2D eigenvalue weighted by molar-refractivity contribution is 5.87. The lowest BCUT2D eigenvalue weighted by Crippen LogP contribution is -2.45. The Morgan fingerprint density at radius 3 is 2.73 bits per heavy atom. The number of primary amides is 1. The summed E-state index contributed by atoms with van der Waals surface area (Å²) in [5, 5.41) is 5.95. The second-order valence-corrected chi connectivity index (χ2v) is 3.79. The number of nitrogens with one attached hydrogen (secondary N) is 2. The third-order valence-electron chi connectivity index (χ3n) is 2.09. The van der Waals surface area contributed by atoms with Crippen LogP contribution in [0.15, 0.2) is 18.3 Å². The zero-order chi connectivity index (χ0) is 11.5. The summed E-state index contributed by atoms with van der Waals surface area (Å²) in [7, 11) is 1.78. The summed E-state index contributed by atoms with van der Waals surface area (Å²) in [6.07, 6.45) is 1.66. The van der Waals surface area contributed by atoms with E-state index in [4.69, 9.17) is 5.73 Å². The maximum atomic E-state index is 11.1. The molecule has 1 heterocycles. The molecule has 5 nitrogen and oxygen atoms in total. The van der Waals surface area contributed by atoms with Crippen molar-refractivity contribution >= 4 is 17.4 Å². The number of nitrogens with two attached hydrogens (primary N) is 1. The first kappa shape index (κ1) is 11.3. The topological polar surface area (TPSA) is 80.0 Å². The average Bonchev–Trinajstić information content (AvgIpc) is 2.17. The van der Waals surface area contributed by atoms with Gasteiger partial charge < -0.3 is 16.4 Å². The summed E-state index contributed by atoms with van der Waals surface area (Å²) in [6.45, 7) is 3.46. The first-order chi connectivity index (χ1) is 6.95. The molecule has 0 radical (unpaired) electrons. The van der Waals surface area contributed by atoms with E-state index in [-0.39, 0.29) is 0 Å². The van der Waals surface area contributed by atoms with Crippen molar-refractivity contribution in [3.63, 3.8) is 0 Å². The Kier molecular flexibility index (Phi) is 3.14. The fourth-order valence-corrected chi connectivity index (χ4v) is 1.07. The predicted octanol–water partition coefficient (Wildman–Crippen LogP) is 0.799. The van der Waals surface area contributed by atoms with Gasteiger partial charge in [-0.2, -0.15) is 0 Å². The first-order valence-electron chi connectivity index (χ1n) is 4.67. The molecule has 0 fully saturated rings. The maximum Gasteiger partial charge on any atom is 0.242 e. The Morgan fingerprint density at radius 1 is 1.53 bits per heavy atom. The zero-order valence-electron chi connectivity index (χ0n) is 9.16. The molecule has 1 amide bonds. The minimum Gasteiger partial charge on any atom is -0.373 e. The van der Waals surface area contributed by atoms with Crippen LogP contribution in [0, 0.1) is 0 Å². The Labute approximate surface area is 89.1 Å². The smallest absolute Gasteiger partial charge is 0.242 e. The number of nitrogens with zero attached hydrogens (tertiary/aromatic N) is 1. The van der Waals surface area contributed by atoms with E-state index in [1.54, 1.807) is 33.2 Å². The highest BCUT2D eigenvalue weighted by Crippen LogP contribution is 2.16. The van der Waals surface area contributed by atoms with Gasteiger partial charge in [-0.15, -0.1) is 0 Å². The van der Waals surface area contributed by atoms with Gasteiger partial charge in [0.1, 0.15) is 11.4 Å². The van der Waals surface area contributed by atoms with E-state index in [1.165, 1.54) is 0 Å². The zero-order valence-corrected chi connectivity index (χ0v) is 9.16. The number of rotatable bonds is 4. The molecule has 1 aromatic rings. The van der Waals surface area contributed by atoms with Gasteiger partial charge in [0.05, 0.1) is 0 Å². The molecular formula is C10H16N4O. The van der Waals surface area contributed by atoms with Gasteiger partial charge in [0.25, 0.3) is 0 Å². The number of pyridine rings is 1. The van der Waals surface area contributed by atoms with E-state index in [0.717, 1.165) is 11.5 Å². The number of carbonyl (C=O) groups excluding carboxylic acids is 1. The van der Waals surface area contributed by atoms with Crippen molar-refractivity contribution in [3.8, 4) is 0 Å². The summed E-state index contributed by atoms with van der Waals surface area (Å²) in [4.78, 5) is 15.2. The Bertz CT molecular complexity index is 362. The summed E-state index contributed by atoms with van der Waals surface area (Å²) >= 11 is 0. The molecule has 0 aliphatic carbocycles. The van der Waals surface area contributed by atoms with Crippen LogP contribution in [0.5, 0.6) is 0 Å². The lowest BCUT2D eigenvalue weighted by Gasteiger charge is -2.23. The molecule has 1 rings (SSSR count). The van der Waals surface area contributed by atoms with Crippen LogP contribution >= 0.6 is 0 Å². The minimum atomic E-state index is -0.771. The fraction of sp³-hybridized carbons (Fsp3) is 0.400. The molecule has 0 saturated heterocycles. The number of hydrogen-bond acceptors (Lipinski definition) is 4. The van der Waals surface area contributed by atoms with Crippen LogP contribution in [0.3, 0.4) is 0 Å². The molecule has 0 bridgehead atoms. The van der Waals surface area contributed by atoms with Crippen molar-refractivity contribution in [3.05, 3.63) is 18.3 Å². The number of hydrogen-bond donors (Lipinski definition) is 3. The first-order valence-corrected chi connectivity index (χ1v) is 4.67. The Hall–Kier alpha value is -1.78. The van der Waals surface area contributed by atoms with Crippen LogP contribution in [0.2, 0.25) is 0 Å². The van der Waals surface area contributed by atoms with Crippen LogP contribution in [0.25, 0.3) is 0 Å². The third-order valence-corrected chi connectivity index (χ3v) is 2.09. The Morgan fingerprint density at radius 2 is 2.20 bits per heavy atom. The van der Waals surface area contributed by atoms with E-state index < -0.39 is 11.4 Å². The molecule has 0 aliphatic rings. The molecule has 5 heteroatoms. The minimum absolute atomic E-state index is 0.398. The highest BCUT2D eigenvalue weighted by Gasteiger charge is 2.24. The summed E-state index contributed by atoms with van der Waals surface area (Å²) in [5.74, 6) is 0.339. The van der Waals surface area contributed by atoms with Crippen molar-refractivity contribution in [2.45, 2.75) is 19.4 Å². The van der Waals surface area contributed by atoms with Gasteiger partial charge in [-0.25, -0.2) is 4.98 Å². The van der Waals surface area contributed by atoms with Crippen LogP contribution < -0.4 is 16.4 Å². The molecule has 0 atom stereocenters. The number of carbonyl (C=O) groups is 1. The number of anilines is 2. The van der Waals surface area contributed by atoms with Gasteiger partial charge >= 0.3 is 0 Å². The number of aromatic nitrogens is 1. The summed E-state index contributed by atoms with van der Waals surface area (Å²) in [6, 6.07) is 3.59. The molecule has 82 valence electrons. The van der Waals surface area contributed by atoms with E-state index in [2.05, 4.69) is 15.6 Å². The van der Waals surface area contributed by atoms with Crippen LogP contribution in [-0.2, 0) is 4.79 Å². The van der Waals surface area contributed by atoms with Crippen molar-refractivity contribution in [2.24, 2.45) is 5.73 Å². The van der Waals surface area contributed by atoms with Gasteiger partial charge in [0.2, 0.25) is 5.91 Å². The third kappa shape index (κ3) is 2.83. The van der Waals surface area contributed by atoms with Gasteiger partial charge in [0, 0.05) is 25.0 Å². The molecular weight excluding hydrogens is 192 g/mol. The average molecular weight is 208 g/mol. The lowest BCUT2D eigenvalue weighted by molar-refractivity contribution is -0.121. The predicted molar refractivity (Wildman–Crippen MR) is 60.7 cm³/mol. The van der Waals surface area contributed by atoms with E-state index >= 15 is 0 Å². The van der Waals surface area contributed by atoms with E-state index in [9.17, 15) is 4.79 Å². The second-order valence-electron chi connectivity index (χ2n) is 3.79. The molecule has 1 aromatic heterocycles.